The van der Waals surface area contributed by atoms with Crippen molar-refractivity contribution in [1.29, 1.82) is 0 Å². The fourth-order valence-electron chi connectivity index (χ4n) is 1.85. The normalized spacial score (nSPS) is 12.6. The van der Waals surface area contributed by atoms with Crippen LogP contribution in [0.1, 0.15) is 30.5 Å². The Hall–Kier alpha value is -0.350. The van der Waals surface area contributed by atoms with Gasteiger partial charge >= 0.3 is 0 Å². The minimum atomic E-state index is 0.241. The van der Waals surface area contributed by atoms with Gasteiger partial charge in [0.25, 0.3) is 0 Å². The molecule has 0 aliphatic heterocycles. The molecule has 0 aliphatic carbocycles. The van der Waals surface area contributed by atoms with E-state index in [1.54, 1.807) is 11.3 Å². The van der Waals surface area contributed by atoms with Gasteiger partial charge in [-0.1, -0.05) is 24.6 Å². The molecule has 18 heavy (non-hydrogen) atoms. The molecule has 0 amide bonds. The molecule has 0 fully saturated rings. The van der Waals surface area contributed by atoms with Gasteiger partial charge in [-0.2, -0.15) is 11.3 Å². The van der Waals surface area contributed by atoms with Crippen LogP contribution in [0.2, 0.25) is 5.02 Å². The van der Waals surface area contributed by atoms with E-state index in [-0.39, 0.29) is 6.04 Å². The van der Waals surface area contributed by atoms with Gasteiger partial charge in [0.1, 0.15) is 0 Å². The van der Waals surface area contributed by atoms with Crippen LogP contribution in [0.4, 0.5) is 0 Å². The van der Waals surface area contributed by atoms with Gasteiger partial charge in [0.2, 0.25) is 0 Å². The summed E-state index contributed by atoms with van der Waals surface area (Å²) in [6.45, 7) is 3.18. The summed E-state index contributed by atoms with van der Waals surface area (Å²) in [6, 6.07) is 8.52. The minimum Gasteiger partial charge on any atom is -0.306 e. The summed E-state index contributed by atoms with van der Waals surface area (Å²) in [5, 5.41) is 8.63. The Labute approximate surface area is 125 Å². The predicted molar refractivity (Wildman–Crippen MR) is 83.6 cm³/mol. The molecule has 4 heteroatoms. The van der Waals surface area contributed by atoms with Crippen molar-refractivity contribution in [3.05, 3.63) is 55.6 Å². The highest BCUT2D eigenvalue weighted by atomic mass is 79.9. The molecule has 0 spiro atoms. The number of hydrogen-bond donors (Lipinski definition) is 1. The van der Waals surface area contributed by atoms with Crippen molar-refractivity contribution in [3.63, 3.8) is 0 Å². The van der Waals surface area contributed by atoms with Gasteiger partial charge in [0.05, 0.1) is 11.1 Å². The zero-order valence-electron chi connectivity index (χ0n) is 10.1. The summed E-state index contributed by atoms with van der Waals surface area (Å²) in [5.41, 5.74) is 2.54. The zero-order valence-corrected chi connectivity index (χ0v) is 13.3. The summed E-state index contributed by atoms with van der Waals surface area (Å²) in [6.07, 6.45) is 1.12. The standard InChI is InChI=1S/C14H15BrClNS/c1-2-6-17-14(11-5-7-18-9-11)10-3-4-13(16)12(15)8-10/h3-5,7-9,14,17H,2,6H2,1H3. The average molecular weight is 345 g/mol. The first-order valence-electron chi connectivity index (χ1n) is 5.92. The van der Waals surface area contributed by atoms with Crippen LogP contribution in [0.5, 0.6) is 0 Å². The van der Waals surface area contributed by atoms with Crippen LogP contribution in [-0.4, -0.2) is 6.54 Å². The Kier molecular flexibility index (Phi) is 5.25. The summed E-state index contributed by atoms with van der Waals surface area (Å²) >= 11 is 11.3. The lowest BCUT2D eigenvalue weighted by atomic mass is 10.0. The van der Waals surface area contributed by atoms with Crippen LogP contribution >= 0.6 is 38.9 Å². The molecule has 2 rings (SSSR count). The van der Waals surface area contributed by atoms with Crippen molar-refractivity contribution in [2.24, 2.45) is 0 Å². The smallest absolute Gasteiger partial charge is 0.0585 e. The van der Waals surface area contributed by atoms with Gasteiger partial charge in [0, 0.05) is 4.47 Å². The van der Waals surface area contributed by atoms with Crippen LogP contribution in [0.25, 0.3) is 0 Å². The second kappa shape index (κ2) is 6.71. The van der Waals surface area contributed by atoms with Crippen molar-refractivity contribution < 1.29 is 0 Å². The van der Waals surface area contributed by atoms with Crippen LogP contribution in [0.15, 0.2) is 39.5 Å². The zero-order chi connectivity index (χ0) is 13.0. The third-order valence-electron chi connectivity index (χ3n) is 2.75. The third kappa shape index (κ3) is 3.35. The average Bonchev–Trinajstić information content (AvgIpc) is 2.88. The Morgan fingerprint density at radius 3 is 2.78 bits per heavy atom. The summed E-state index contributed by atoms with van der Waals surface area (Å²) in [5.74, 6) is 0. The van der Waals surface area contributed by atoms with Crippen molar-refractivity contribution in [3.8, 4) is 0 Å². The van der Waals surface area contributed by atoms with E-state index in [1.165, 1.54) is 11.1 Å². The molecule has 1 unspecified atom stereocenters. The number of benzene rings is 1. The number of hydrogen-bond acceptors (Lipinski definition) is 2. The van der Waals surface area contributed by atoms with Gasteiger partial charge in [-0.3, -0.25) is 0 Å². The number of thiophene rings is 1. The van der Waals surface area contributed by atoms with Crippen LogP contribution < -0.4 is 5.32 Å². The van der Waals surface area contributed by atoms with Crippen molar-refractivity contribution in [1.82, 2.24) is 5.32 Å². The fourth-order valence-corrected chi connectivity index (χ4v) is 3.05. The molecule has 0 saturated heterocycles. The second-order valence-electron chi connectivity index (χ2n) is 4.12. The summed E-state index contributed by atoms with van der Waals surface area (Å²) in [7, 11) is 0. The molecular weight excluding hydrogens is 330 g/mol. The Morgan fingerprint density at radius 1 is 1.33 bits per heavy atom. The first kappa shape index (κ1) is 14.1. The molecule has 1 N–H and O–H groups in total. The van der Waals surface area contributed by atoms with Gasteiger partial charge < -0.3 is 5.32 Å². The predicted octanol–water partition coefficient (Wildman–Crippen LogP) is 5.25. The van der Waals surface area contributed by atoms with E-state index in [0.717, 1.165) is 22.5 Å². The van der Waals surface area contributed by atoms with Crippen molar-refractivity contribution in [2.75, 3.05) is 6.54 Å². The lowest BCUT2D eigenvalue weighted by Crippen LogP contribution is -2.22. The number of halogens is 2. The first-order chi connectivity index (χ1) is 8.72. The molecule has 0 bridgehead atoms. The Morgan fingerprint density at radius 2 is 2.17 bits per heavy atom. The number of nitrogens with one attached hydrogen (secondary N) is 1. The molecule has 96 valence electrons. The summed E-state index contributed by atoms with van der Waals surface area (Å²) < 4.78 is 0.945. The first-order valence-corrected chi connectivity index (χ1v) is 8.04. The van der Waals surface area contributed by atoms with E-state index in [2.05, 4.69) is 57.1 Å². The van der Waals surface area contributed by atoms with Gasteiger partial charge in [-0.25, -0.2) is 0 Å². The van der Waals surface area contributed by atoms with Gasteiger partial charge in [0.15, 0.2) is 0 Å². The molecule has 2 aromatic rings. The molecule has 1 aromatic heterocycles. The highest BCUT2D eigenvalue weighted by Gasteiger charge is 2.14. The van der Waals surface area contributed by atoms with E-state index in [4.69, 9.17) is 11.6 Å². The highest BCUT2D eigenvalue weighted by Crippen LogP contribution is 2.30. The molecule has 1 atom stereocenters. The maximum Gasteiger partial charge on any atom is 0.0585 e. The Balaban J connectivity index is 2.30. The lowest BCUT2D eigenvalue weighted by Gasteiger charge is -2.18. The van der Waals surface area contributed by atoms with Gasteiger partial charge in [-0.05, 0) is 69.0 Å². The molecule has 1 heterocycles. The van der Waals surface area contributed by atoms with E-state index < -0.39 is 0 Å². The lowest BCUT2D eigenvalue weighted by molar-refractivity contribution is 0.600. The maximum atomic E-state index is 6.05. The SMILES string of the molecule is CCCNC(c1ccsc1)c1ccc(Cl)c(Br)c1. The summed E-state index contributed by atoms with van der Waals surface area (Å²) in [4.78, 5) is 0. The monoisotopic (exact) mass is 343 g/mol. The van der Waals surface area contributed by atoms with Crippen LogP contribution in [0, 0.1) is 0 Å². The van der Waals surface area contributed by atoms with Gasteiger partial charge in [-0.15, -0.1) is 0 Å². The van der Waals surface area contributed by atoms with E-state index in [0.29, 0.717) is 0 Å². The quantitative estimate of drug-likeness (QED) is 0.781. The molecule has 1 aromatic carbocycles. The largest absolute Gasteiger partial charge is 0.306 e. The van der Waals surface area contributed by atoms with E-state index in [9.17, 15) is 0 Å². The van der Waals surface area contributed by atoms with Crippen molar-refractivity contribution >= 4 is 38.9 Å². The highest BCUT2D eigenvalue weighted by molar-refractivity contribution is 9.10. The van der Waals surface area contributed by atoms with Crippen LogP contribution in [-0.2, 0) is 0 Å². The molecular formula is C14H15BrClNS. The molecule has 1 nitrogen and oxygen atoms in total. The minimum absolute atomic E-state index is 0.241. The van der Waals surface area contributed by atoms with Crippen LogP contribution in [0.3, 0.4) is 0 Å². The molecule has 0 aliphatic rings. The molecule has 0 radical (unpaired) electrons. The molecule has 0 saturated carbocycles. The number of rotatable bonds is 5. The van der Waals surface area contributed by atoms with Crippen molar-refractivity contribution in [2.45, 2.75) is 19.4 Å². The topological polar surface area (TPSA) is 12.0 Å². The Bertz CT molecular complexity index is 499. The second-order valence-corrected chi connectivity index (χ2v) is 6.16. The van der Waals surface area contributed by atoms with E-state index >= 15 is 0 Å². The fraction of sp³-hybridized carbons (Fsp3) is 0.286. The maximum absolute atomic E-state index is 6.05. The van der Waals surface area contributed by atoms with E-state index in [1.807, 2.05) is 6.07 Å². The third-order valence-corrected chi connectivity index (χ3v) is 4.67.